The fraction of sp³-hybridized carbons (Fsp3) is 0.302. The normalized spacial score (nSPS) is 13.9. The molecule has 0 fully saturated rings. The lowest BCUT2D eigenvalue weighted by molar-refractivity contribution is 0.793. The van der Waals surface area contributed by atoms with Crippen molar-refractivity contribution in [2.75, 3.05) is 4.90 Å². The molecule has 0 spiro atoms. The van der Waals surface area contributed by atoms with Crippen molar-refractivity contribution in [3.63, 3.8) is 0 Å². The highest BCUT2D eigenvalue weighted by atomic mass is 15.1. The number of benzene rings is 6. The van der Waals surface area contributed by atoms with E-state index < -0.39 is 0 Å². The van der Waals surface area contributed by atoms with Crippen LogP contribution in [-0.2, 0) is 19.3 Å². The molecule has 0 saturated heterocycles. The zero-order valence-electron chi connectivity index (χ0n) is 34.3. The Hall–Kier alpha value is -5.21. The topological polar surface area (TPSA) is 15.6 Å². The Balaban J connectivity index is 1.44. The molecule has 0 aromatic heterocycles. The van der Waals surface area contributed by atoms with Crippen LogP contribution in [0.2, 0.25) is 0 Å². The second kappa shape index (κ2) is 14.8. The second-order valence-electron chi connectivity index (χ2n) is 17.0. The first-order chi connectivity index (χ1) is 26.6. The Morgan fingerprint density at radius 2 is 1.33 bits per heavy atom. The minimum atomic E-state index is 0.368. The molecule has 2 heteroatoms. The van der Waals surface area contributed by atoms with Crippen LogP contribution in [0.25, 0.3) is 32.7 Å². The van der Waals surface area contributed by atoms with Crippen LogP contribution >= 0.6 is 0 Å². The summed E-state index contributed by atoms with van der Waals surface area (Å²) in [4.78, 5) is 7.84. The SMILES string of the molecule is C/C=C\C(=C/C=Nc1cc(C(C)C)c2ccc3c(N(c4ccc(C(C)C)cc4)c4cccc5c4Cc4ccccc4-5)cc(C(C)C)c4c3c2c1CC4)C(C)C. The van der Waals surface area contributed by atoms with E-state index in [0.29, 0.717) is 23.7 Å². The van der Waals surface area contributed by atoms with Gasteiger partial charge in [-0.05, 0) is 152 Å². The number of aryl methyl sites for hydroxylation is 2. The maximum absolute atomic E-state index is 5.26. The lowest BCUT2D eigenvalue weighted by atomic mass is 9.78. The summed E-state index contributed by atoms with van der Waals surface area (Å²) in [5.41, 5.74) is 18.7. The molecule has 55 heavy (non-hydrogen) atoms. The van der Waals surface area contributed by atoms with E-state index in [2.05, 4.69) is 176 Å². The van der Waals surface area contributed by atoms with Crippen LogP contribution in [0, 0.1) is 5.92 Å². The van der Waals surface area contributed by atoms with Crippen LogP contribution in [0.4, 0.5) is 22.7 Å². The van der Waals surface area contributed by atoms with Gasteiger partial charge < -0.3 is 4.90 Å². The molecule has 8 rings (SSSR count). The third-order valence-electron chi connectivity index (χ3n) is 12.1. The Morgan fingerprint density at radius 3 is 2.04 bits per heavy atom. The van der Waals surface area contributed by atoms with Gasteiger partial charge in [0.05, 0.1) is 17.1 Å². The Bertz CT molecular complexity index is 2520. The molecule has 2 aliphatic rings. The van der Waals surface area contributed by atoms with Crippen LogP contribution in [0.15, 0.2) is 120 Å². The molecule has 0 saturated carbocycles. The lowest BCUT2D eigenvalue weighted by Gasteiger charge is -2.33. The van der Waals surface area contributed by atoms with Crippen LogP contribution in [-0.4, -0.2) is 6.21 Å². The van der Waals surface area contributed by atoms with Crippen molar-refractivity contribution < 1.29 is 0 Å². The van der Waals surface area contributed by atoms with Crippen LogP contribution in [0.5, 0.6) is 0 Å². The third-order valence-corrected chi connectivity index (χ3v) is 12.1. The zero-order valence-corrected chi connectivity index (χ0v) is 34.3. The number of rotatable bonds is 10. The fourth-order valence-electron chi connectivity index (χ4n) is 9.25. The van der Waals surface area contributed by atoms with Gasteiger partial charge in [0.15, 0.2) is 0 Å². The van der Waals surface area contributed by atoms with Gasteiger partial charge in [-0.2, -0.15) is 0 Å². The highest BCUT2D eigenvalue weighted by molar-refractivity contribution is 6.18. The number of hydrogen-bond donors (Lipinski definition) is 0. The first-order valence-corrected chi connectivity index (χ1v) is 20.6. The van der Waals surface area contributed by atoms with Crippen molar-refractivity contribution in [2.24, 2.45) is 10.9 Å². The zero-order chi connectivity index (χ0) is 38.5. The van der Waals surface area contributed by atoms with Gasteiger partial charge in [-0.3, -0.25) is 4.99 Å². The minimum Gasteiger partial charge on any atom is -0.310 e. The number of allylic oxidation sites excluding steroid dienone is 4. The monoisotopic (exact) mass is 720 g/mol. The summed E-state index contributed by atoms with van der Waals surface area (Å²) in [6.07, 6.45) is 11.5. The van der Waals surface area contributed by atoms with E-state index in [-0.39, 0.29) is 0 Å². The van der Waals surface area contributed by atoms with E-state index in [4.69, 9.17) is 4.99 Å². The van der Waals surface area contributed by atoms with E-state index in [1.807, 2.05) is 6.21 Å². The Morgan fingerprint density at radius 1 is 0.636 bits per heavy atom. The van der Waals surface area contributed by atoms with Crippen LogP contribution in [0.1, 0.15) is 119 Å². The van der Waals surface area contributed by atoms with Crippen molar-refractivity contribution in [3.05, 3.63) is 154 Å². The van der Waals surface area contributed by atoms with Crippen LogP contribution < -0.4 is 4.90 Å². The predicted octanol–water partition coefficient (Wildman–Crippen LogP) is 15.4. The molecule has 6 aromatic rings. The molecule has 278 valence electrons. The number of hydrogen-bond acceptors (Lipinski definition) is 2. The second-order valence-corrected chi connectivity index (χ2v) is 17.0. The molecule has 0 bridgehead atoms. The number of aliphatic imine (C=N–C) groups is 1. The highest BCUT2D eigenvalue weighted by Crippen LogP contribution is 2.52. The summed E-state index contributed by atoms with van der Waals surface area (Å²) in [7, 11) is 0. The predicted molar refractivity (Wildman–Crippen MR) is 240 cm³/mol. The lowest BCUT2D eigenvalue weighted by Crippen LogP contribution is -2.15. The summed E-state index contributed by atoms with van der Waals surface area (Å²) in [5, 5.41) is 5.52. The maximum Gasteiger partial charge on any atom is 0.0671 e. The first-order valence-electron chi connectivity index (χ1n) is 20.6. The van der Waals surface area contributed by atoms with Crippen molar-refractivity contribution in [1.29, 1.82) is 0 Å². The van der Waals surface area contributed by atoms with Gasteiger partial charge in [0.1, 0.15) is 0 Å². The Labute approximate surface area is 329 Å². The van der Waals surface area contributed by atoms with Crippen molar-refractivity contribution in [1.82, 2.24) is 0 Å². The maximum atomic E-state index is 5.26. The van der Waals surface area contributed by atoms with E-state index >= 15 is 0 Å². The summed E-state index contributed by atoms with van der Waals surface area (Å²) >= 11 is 0. The summed E-state index contributed by atoms with van der Waals surface area (Å²) in [6, 6.07) is 35.0. The highest BCUT2D eigenvalue weighted by Gasteiger charge is 2.30. The summed E-state index contributed by atoms with van der Waals surface area (Å²) in [5.74, 6) is 1.65. The molecule has 2 nitrogen and oxygen atoms in total. The molecule has 0 radical (unpaired) electrons. The van der Waals surface area contributed by atoms with E-state index in [9.17, 15) is 0 Å². The number of nitrogens with zero attached hydrogens (tertiary/aromatic N) is 2. The fourth-order valence-corrected chi connectivity index (χ4v) is 9.25. The molecule has 0 atom stereocenters. The van der Waals surface area contributed by atoms with E-state index in [1.54, 1.807) is 0 Å². The number of fused-ring (bicyclic) bond motifs is 3. The largest absolute Gasteiger partial charge is 0.310 e. The Kier molecular flexibility index (Phi) is 9.88. The average Bonchev–Trinajstić information content (AvgIpc) is 3.56. The molecular formula is C53H56N2. The van der Waals surface area contributed by atoms with Crippen molar-refractivity contribution in [2.45, 2.75) is 99.3 Å². The smallest absolute Gasteiger partial charge is 0.0671 e. The van der Waals surface area contributed by atoms with Crippen molar-refractivity contribution in [3.8, 4) is 11.1 Å². The molecular weight excluding hydrogens is 665 g/mol. The van der Waals surface area contributed by atoms with E-state index in [1.165, 1.54) is 94.3 Å². The molecule has 2 aliphatic carbocycles. The van der Waals surface area contributed by atoms with Crippen molar-refractivity contribution >= 4 is 50.5 Å². The third kappa shape index (κ3) is 6.44. The molecule has 0 aliphatic heterocycles. The van der Waals surface area contributed by atoms with Gasteiger partial charge in [0.25, 0.3) is 0 Å². The molecule has 0 amide bonds. The summed E-state index contributed by atoms with van der Waals surface area (Å²) < 4.78 is 0. The quantitative estimate of drug-likeness (QED) is 0.0780. The minimum absolute atomic E-state index is 0.368. The van der Waals surface area contributed by atoms with Gasteiger partial charge in [-0.1, -0.05) is 128 Å². The van der Waals surface area contributed by atoms with Gasteiger partial charge in [0, 0.05) is 23.7 Å². The van der Waals surface area contributed by atoms with Crippen LogP contribution in [0.3, 0.4) is 0 Å². The van der Waals surface area contributed by atoms with Gasteiger partial charge in [0.2, 0.25) is 0 Å². The molecule has 0 N–H and O–H groups in total. The first kappa shape index (κ1) is 36.8. The molecule has 6 aromatic carbocycles. The van der Waals surface area contributed by atoms with Gasteiger partial charge in [-0.25, -0.2) is 0 Å². The standard InChI is InChI=1S/C53H56N2/c1-10-14-36(32(2)3)27-28-54-49-30-46(34(6)7)42-24-26-45-51(31-47(35(8)9)43-23-25-44(49)52(42)53(43)45)55(39-21-19-37(20-22-39)33(4)5)50-18-13-17-41-40-16-12-11-15-38(40)29-48(41)50/h10-22,24,26-28,30-35H,23,25,29H2,1-9H3/b14-10-,36-27+,54-28?. The molecule has 0 unspecified atom stereocenters. The summed E-state index contributed by atoms with van der Waals surface area (Å²) in [6.45, 7) is 20.5. The van der Waals surface area contributed by atoms with Gasteiger partial charge in [-0.15, -0.1) is 0 Å². The number of anilines is 3. The van der Waals surface area contributed by atoms with E-state index in [0.717, 1.165) is 24.9 Å². The molecule has 0 heterocycles. The average molecular weight is 721 g/mol. The van der Waals surface area contributed by atoms with Gasteiger partial charge >= 0.3 is 0 Å².